The Morgan fingerprint density at radius 3 is 2.55 bits per heavy atom. The summed E-state index contributed by atoms with van der Waals surface area (Å²) in [5.74, 6) is 0.734. The van der Waals surface area contributed by atoms with Crippen molar-refractivity contribution in [3.63, 3.8) is 0 Å². The van der Waals surface area contributed by atoms with E-state index in [4.69, 9.17) is 9.47 Å². The molecule has 6 heteroatoms. The van der Waals surface area contributed by atoms with Gasteiger partial charge in [0.15, 0.2) is 0 Å². The van der Waals surface area contributed by atoms with Crippen LogP contribution < -0.4 is 4.74 Å². The van der Waals surface area contributed by atoms with E-state index in [2.05, 4.69) is 17.0 Å². The fourth-order valence-electron chi connectivity index (χ4n) is 4.01. The number of ether oxygens (including phenoxy) is 2. The molecule has 1 aliphatic heterocycles. The third kappa shape index (κ3) is 5.57. The zero-order valence-corrected chi connectivity index (χ0v) is 17.3. The van der Waals surface area contributed by atoms with E-state index < -0.39 is 11.7 Å². The van der Waals surface area contributed by atoms with Crippen molar-refractivity contribution in [1.29, 1.82) is 0 Å². The number of nitrogens with zero attached hydrogens (tertiary/aromatic N) is 1. The van der Waals surface area contributed by atoms with Gasteiger partial charge in [0.05, 0.1) is 18.8 Å². The molecule has 0 spiro atoms. The van der Waals surface area contributed by atoms with Crippen LogP contribution in [-0.4, -0.2) is 37.7 Å². The van der Waals surface area contributed by atoms with E-state index in [1.54, 1.807) is 6.07 Å². The molecular formula is C25H26F3NO2. The average Bonchev–Trinajstić information content (AvgIpc) is 2.78. The van der Waals surface area contributed by atoms with Gasteiger partial charge in [0.2, 0.25) is 0 Å². The van der Waals surface area contributed by atoms with Crippen LogP contribution in [0.4, 0.5) is 13.2 Å². The zero-order valence-electron chi connectivity index (χ0n) is 17.3. The van der Waals surface area contributed by atoms with E-state index in [-0.39, 0.29) is 6.61 Å². The summed E-state index contributed by atoms with van der Waals surface area (Å²) in [6.07, 6.45) is -2.53. The van der Waals surface area contributed by atoms with Crippen LogP contribution >= 0.6 is 0 Å². The first-order valence-corrected chi connectivity index (χ1v) is 10.6. The Hall–Kier alpha value is -2.57. The summed E-state index contributed by atoms with van der Waals surface area (Å²) < 4.78 is 50.5. The fourth-order valence-corrected chi connectivity index (χ4v) is 4.01. The smallest absolute Gasteiger partial charge is 0.416 e. The standard InChI is InChI=1S/C25H26F3NO2/c26-25(27,28)21-7-3-5-19(17-21)18-31-24-11-10-20-6-1-2-8-22(20)23(24)9-4-12-29-13-15-30-16-14-29/h1-3,5-8,10-11,17H,4,9,12-16,18H2. The lowest BCUT2D eigenvalue weighted by Crippen LogP contribution is -2.36. The summed E-state index contributed by atoms with van der Waals surface area (Å²) in [6, 6.07) is 17.4. The number of hydrogen-bond donors (Lipinski definition) is 0. The van der Waals surface area contributed by atoms with E-state index in [0.29, 0.717) is 5.56 Å². The van der Waals surface area contributed by atoms with E-state index in [9.17, 15) is 13.2 Å². The van der Waals surface area contributed by atoms with Crippen molar-refractivity contribution < 1.29 is 22.6 Å². The summed E-state index contributed by atoms with van der Waals surface area (Å²) in [7, 11) is 0. The Morgan fingerprint density at radius 2 is 1.74 bits per heavy atom. The van der Waals surface area contributed by atoms with Crippen molar-refractivity contribution in [3.8, 4) is 5.75 Å². The maximum atomic E-state index is 13.0. The van der Waals surface area contributed by atoms with Gasteiger partial charge < -0.3 is 9.47 Å². The predicted octanol–water partition coefficient (Wildman–Crippen LogP) is 5.70. The van der Waals surface area contributed by atoms with Gasteiger partial charge in [-0.2, -0.15) is 13.2 Å². The molecule has 0 aromatic heterocycles. The molecule has 3 nitrogen and oxygen atoms in total. The molecule has 3 aromatic carbocycles. The lowest BCUT2D eigenvalue weighted by molar-refractivity contribution is -0.137. The molecular weight excluding hydrogens is 403 g/mol. The second-order valence-corrected chi connectivity index (χ2v) is 7.81. The summed E-state index contributed by atoms with van der Waals surface area (Å²) in [6.45, 7) is 4.54. The molecule has 0 amide bonds. The van der Waals surface area contributed by atoms with Crippen LogP contribution in [0.15, 0.2) is 60.7 Å². The highest BCUT2D eigenvalue weighted by atomic mass is 19.4. The Morgan fingerprint density at radius 1 is 0.935 bits per heavy atom. The number of alkyl halides is 3. The van der Waals surface area contributed by atoms with Gasteiger partial charge in [-0.1, -0.05) is 42.5 Å². The van der Waals surface area contributed by atoms with Crippen LogP contribution in [0, 0.1) is 0 Å². The fraction of sp³-hybridized carbons (Fsp3) is 0.360. The largest absolute Gasteiger partial charge is 0.489 e. The van der Waals surface area contributed by atoms with Crippen LogP contribution in [-0.2, 0) is 23.9 Å². The first kappa shape index (κ1) is 21.7. The second kappa shape index (κ2) is 9.71. The van der Waals surface area contributed by atoms with Crippen LogP contribution in [0.2, 0.25) is 0 Å². The lowest BCUT2D eigenvalue weighted by Gasteiger charge is -2.26. The monoisotopic (exact) mass is 429 g/mol. The molecule has 0 saturated carbocycles. The van der Waals surface area contributed by atoms with Crippen LogP contribution in [0.3, 0.4) is 0 Å². The minimum Gasteiger partial charge on any atom is -0.489 e. The van der Waals surface area contributed by atoms with Crippen molar-refractivity contribution in [1.82, 2.24) is 4.90 Å². The van der Waals surface area contributed by atoms with Crippen LogP contribution in [0.5, 0.6) is 5.75 Å². The van der Waals surface area contributed by atoms with Crippen LogP contribution in [0.1, 0.15) is 23.1 Å². The first-order valence-electron chi connectivity index (χ1n) is 10.6. The molecule has 1 aliphatic rings. The zero-order chi connectivity index (χ0) is 21.7. The Kier molecular flexibility index (Phi) is 6.78. The Labute approximate surface area is 180 Å². The summed E-state index contributed by atoms with van der Waals surface area (Å²) >= 11 is 0. The summed E-state index contributed by atoms with van der Waals surface area (Å²) in [5, 5.41) is 2.27. The number of morpholine rings is 1. The number of aryl methyl sites for hydroxylation is 1. The molecule has 0 bridgehead atoms. The molecule has 0 atom stereocenters. The average molecular weight is 429 g/mol. The minimum absolute atomic E-state index is 0.0960. The van der Waals surface area contributed by atoms with Gasteiger partial charge in [-0.15, -0.1) is 0 Å². The SMILES string of the molecule is FC(F)(F)c1cccc(COc2ccc3ccccc3c2CCCN2CCOCC2)c1. The summed E-state index contributed by atoms with van der Waals surface area (Å²) in [5.41, 5.74) is 0.957. The third-order valence-electron chi connectivity index (χ3n) is 5.65. The number of fused-ring (bicyclic) bond motifs is 1. The quantitative estimate of drug-likeness (QED) is 0.481. The first-order chi connectivity index (χ1) is 15.0. The molecule has 3 aromatic rings. The van der Waals surface area contributed by atoms with Gasteiger partial charge in [-0.05, 0) is 53.9 Å². The maximum Gasteiger partial charge on any atom is 0.416 e. The van der Waals surface area contributed by atoms with Crippen molar-refractivity contribution in [3.05, 3.63) is 77.4 Å². The van der Waals surface area contributed by atoms with Gasteiger partial charge in [-0.3, -0.25) is 4.90 Å². The molecule has 0 N–H and O–H groups in total. The van der Waals surface area contributed by atoms with Gasteiger partial charge >= 0.3 is 6.18 Å². The predicted molar refractivity (Wildman–Crippen MR) is 115 cm³/mol. The van der Waals surface area contributed by atoms with Gasteiger partial charge in [-0.25, -0.2) is 0 Å². The molecule has 4 rings (SSSR count). The topological polar surface area (TPSA) is 21.7 Å². The molecule has 0 radical (unpaired) electrons. The second-order valence-electron chi connectivity index (χ2n) is 7.81. The minimum atomic E-state index is -4.36. The van der Waals surface area contributed by atoms with Crippen molar-refractivity contribution in [2.75, 3.05) is 32.8 Å². The highest BCUT2D eigenvalue weighted by Crippen LogP contribution is 2.32. The van der Waals surface area contributed by atoms with Gasteiger partial charge in [0.1, 0.15) is 12.4 Å². The highest BCUT2D eigenvalue weighted by molar-refractivity contribution is 5.87. The number of halogens is 3. The molecule has 31 heavy (non-hydrogen) atoms. The highest BCUT2D eigenvalue weighted by Gasteiger charge is 2.30. The molecule has 1 fully saturated rings. The maximum absolute atomic E-state index is 13.0. The number of hydrogen-bond acceptors (Lipinski definition) is 3. The molecule has 0 unspecified atom stereocenters. The third-order valence-corrected chi connectivity index (χ3v) is 5.65. The molecule has 164 valence electrons. The lowest BCUT2D eigenvalue weighted by atomic mass is 9.99. The number of rotatable bonds is 7. The van der Waals surface area contributed by atoms with E-state index in [0.717, 1.165) is 79.9 Å². The Bertz CT molecular complexity index is 1010. The number of benzene rings is 3. The van der Waals surface area contributed by atoms with Crippen molar-refractivity contribution in [2.24, 2.45) is 0 Å². The van der Waals surface area contributed by atoms with Crippen molar-refractivity contribution in [2.45, 2.75) is 25.6 Å². The normalized spacial score (nSPS) is 15.3. The van der Waals surface area contributed by atoms with Crippen LogP contribution in [0.25, 0.3) is 10.8 Å². The van der Waals surface area contributed by atoms with E-state index in [1.165, 1.54) is 6.07 Å². The van der Waals surface area contributed by atoms with Crippen molar-refractivity contribution >= 4 is 10.8 Å². The molecule has 0 aliphatic carbocycles. The van der Waals surface area contributed by atoms with Gasteiger partial charge in [0.25, 0.3) is 0 Å². The van der Waals surface area contributed by atoms with E-state index in [1.807, 2.05) is 24.3 Å². The molecule has 1 saturated heterocycles. The Balaban J connectivity index is 1.50. The molecule has 1 heterocycles. The van der Waals surface area contributed by atoms with E-state index >= 15 is 0 Å². The van der Waals surface area contributed by atoms with Gasteiger partial charge in [0, 0.05) is 18.7 Å². The summed E-state index contributed by atoms with van der Waals surface area (Å²) in [4.78, 5) is 2.40.